The molecule has 1 fully saturated rings. The summed E-state index contributed by atoms with van der Waals surface area (Å²) in [5.41, 5.74) is 0.828. The molecule has 0 radical (unpaired) electrons. The van der Waals surface area contributed by atoms with Gasteiger partial charge in [0.1, 0.15) is 5.82 Å². The van der Waals surface area contributed by atoms with Crippen LogP contribution in [-0.4, -0.2) is 25.3 Å². The van der Waals surface area contributed by atoms with Gasteiger partial charge in [-0.25, -0.2) is 4.39 Å². The number of ether oxygens (including phenoxy) is 1. The zero-order chi connectivity index (χ0) is 15.3. The fourth-order valence-corrected chi connectivity index (χ4v) is 3.56. The van der Waals surface area contributed by atoms with Crippen molar-refractivity contribution in [3.8, 4) is 0 Å². The molecule has 2 nitrogen and oxygen atoms in total. The number of benzene rings is 1. The van der Waals surface area contributed by atoms with Crippen LogP contribution >= 0.6 is 11.6 Å². The standard InChI is InChI=1S/C17H25ClFNO/c1-3-20-16(17(21-2)9-5-4-6-10-17)12-13-7-8-14(18)15(19)11-13/h7-8,11,16,20H,3-6,9-10,12H2,1-2H3. The highest BCUT2D eigenvalue weighted by Gasteiger charge is 2.39. The van der Waals surface area contributed by atoms with Crippen LogP contribution in [0.5, 0.6) is 0 Å². The summed E-state index contributed by atoms with van der Waals surface area (Å²) in [5.74, 6) is -0.348. The average molecular weight is 314 g/mol. The van der Waals surface area contributed by atoms with Gasteiger partial charge in [-0.1, -0.05) is 43.9 Å². The molecule has 0 bridgehead atoms. The van der Waals surface area contributed by atoms with Gasteiger partial charge in [0.05, 0.1) is 10.6 Å². The fourth-order valence-electron chi connectivity index (χ4n) is 3.44. The highest BCUT2D eigenvalue weighted by molar-refractivity contribution is 6.30. The van der Waals surface area contributed by atoms with Gasteiger partial charge in [-0.15, -0.1) is 0 Å². The monoisotopic (exact) mass is 313 g/mol. The molecule has 0 aromatic heterocycles. The van der Waals surface area contributed by atoms with Crippen molar-refractivity contribution in [1.29, 1.82) is 0 Å². The predicted octanol–water partition coefficient (Wildman–Crippen LogP) is 4.35. The molecule has 0 aliphatic heterocycles. The number of halogens is 2. The third-order valence-corrected chi connectivity index (χ3v) is 4.92. The molecule has 2 rings (SSSR count). The van der Waals surface area contributed by atoms with Gasteiger partial charge in [0.25, 0.3) is 0 Å². The molecule has 1 atom stereocenters. The Morgan fingerprint density at radius 2 is 2.05 bits per heavy atom. The summed E-state index contributed by atoms with van der Waals surface area (Å²) < 4.78 is 19.6. The van der Waals surface area contributed by atoms with Crippen LogP contribution in [0.2, 0.25) is 5.02 Å². The van der Waals surface area contributed by atoms with Crippen molar-refractivity contribution in [2.75, 3.05) is 13.7 Å². The SMILES string of the molecule is CCNC(Cc1ccc(Cl)c(F)c1)C1(OC)CCCCC1. The molecule has 1 aliphatic carbocycles. The van der Waals surface area contributed by atoms with Crippen LogP contribution in [0.4, 0.5) is 4.39 Å². The normalized spacial score (nSPS) is 19.4. The number of hydrogen-bond donors (Lipinski definition) is 1. The molecule has 0 amide bonds. The highest BCUT2D eigenvalue weighted by atomic mass is 35.5. The Kier molecular flexibility index (Phi) is 6.03. The van der Waals surface area contributed by atoms with Gasteiger partial charge in [0.2, 0.25) is 0 Å². The predicted molar refractivity (Wildman–Crippen MR) is 85.4 cm³/mol. The van der Waals surface area contributed by atoms with Gasteiger partial charge in [0, 0.05) is 13.2 Å². The van der Waals surface area contributed by atoms with Gasteiger partial charge in [0.15, 0.2) is 0 Å². The molecule has 21 heavy (non-hydrogen) atoms. The first-order valence-corrected chi connectivity index (χ1v) is 8.21. The lowest BCUT2D eigenvalue weighted by atomic mass is 9.77. The average Bonchev–Trinajstić information content (AvgIpc) is 2.51. The summed E-state index contributed by atoms with van der Waals surface area (Å²) in [5, 5.41) is 3.72. The third-order valence-electron chi connectivity index (χ3n) is 4.62. The van der Waals surface area contributed by atoms with Crippen LogP contribution in [0.3, 0.4) is 0 Å². The summed E-state index contributed by atoms with van der Waals surface area (Å²) in [4.78, 5) is 0. The molecule has 1 saturated carbocycles. The summed E-state index contributed by atoms with van der Waals surface area (Å²) in [6, 6.07) is 5.28. The molecule has 1 aromatic rings. The second-order valence-corrected chi connectivity index (χ2v) is 6.30. The van der Waals surface area contributed by atoms with Crippen molar-refractivity contribution in [2.45, 2.75) is 57.1 Å². The lowest BCUT2D eigenvalue weighted by Crippen LogP contribution is -2.54. The molecule has 4 heteroatoms. The van der Waals surface area contributed by atoms with E-state index in [2.05, 4.69) is 12.2 Å². The zero-order valence-electron chi connectivity index (χ0n) is 12.9. The number of hydrogen-bond acceptors (Lipinski definition) is 2. The van der Waals surface area contributed by atoms with Crippen LogP contribution in [-0.2, 0) is 11.2 Å². The molecule has 0 saturated heterocycles. The van der Waals surface area contributed by atoms with E-state index in [1.807, 2.05) is 6.07 Å². The third kappa shape index (κ3) is 3.97. The van der Waals surface area contributed by atoms with E-state index in [4.69, 9.17) is 16.3 Å². The Morgan fingerprint density at radius 1 is 1.33 bits per heavy atom. The summed E-state index contributed by atoms with van der Waals surface area (Å²) in [6.45, 7) is 2.98. The molecule has 1 aliphatic rings. The maximum absolute atomic E-state index is 13.7. The maximum Gasteiger partial charge on any atom is 0.142 e. The molecule has 1 unspecified atom stereocenters. The van der Waals surface area contributed by atoms with E-state index in [0.29, 0.717) is 0 Å². The lowest BCUT2D eigenvalue weighted by molar-refractivity contribution is -0.0669. The quantitative estimate of drug-likeness (QED) is 0.843. The van der Waals surface area contributed by atoms with Crippen molar-refractivity contribution < 1.29 is 9.13 Å². The first-order chi connectivity index (χ1) is 10.1. The summed E-state index contributed by atoms with van der Waals surface area (Å²) >= 11 is 5.77. The first kappa shape index (κ1) is 16.7. The van der Waals surface area contributed by atoms with Gasteiger partial charge in [-0.3, -0.25) is 0 Å². The minimum Gasteiger partial charge on any atom is -0.377 e. The van der Waals surface area contributed by atoms with Crippen molar-refractivity contribution in [3.63, 3.8) is 0 Å². The maximum atomic E-state index is 13.7. The van der Waals surface area contributed by atoms with Crippen molar-refractivity contribution in [2.24, 2.45) is 0 Å². The molecular weight excluding hydrogens is 289 g/mol. The second-order valence-electron chi connectivity index (χ2n) is 5.89. The molecule has 1 aromatic carbocycles. The minimum absolute atomic E-state index is 0.135. The van der Waals surface area contributed by atoms with Gasteiger partial charge in [-0.05, 0) is 43.5 Å². The van der Waals surface area contributed by atoms with Crippen LogP contribution in [0, 0.1) is 5.82 Å². The van der Waals surface area contributed by atoms with Gasteiger partial charge >= 0.3 is 0 Å². The van der Waals surface area contributed by atoms with Crippen LogP contribution in [0.1, 0.15) is 44.6 Å². The Labute approximate surface area is 132 Å². The van der Waals surface area contributed by atoms with Crippen molar-refractivity contribution in [1.82, 2.24) is 5.32 Å². The number of methoxy groups -OCH3 is 1. The van der Waals surface area contributed by atoms with Crippen molar-refractivity contribution in [3.05, 3.63) is 34.6 Å². The molecule has 1 N–H and O–H groups in total. The number of likely N-dealkylation sites (N-methyl/N-ethyl adjacent to an activating group) is 1. The molecular formula is C17H25ClFNO. The van der Waals surface area contributed by atoms with E-state index < -0.39 is 0 Å². The van der Waals surface area contributed by atoms with Crippen LogP contribution < -0.4 is 5.32 Å². The molecule has 0 heterocycles. The van der Waals surface area contributed by atoms with E-state index in [1.165, 1.54) is 19.3 Å². The Hall–Kier alpha value is -0.640. The van der Waals surface area contributed by atoms with E-state index >= 15 is 0 Å². The lowest BCUT2D eigenvalue weighted by Gasteiger charge is -2.43. The van der Waals surface area contributed by atoms with E-state index in [0.717, 1.165) is 31.4 Å². The van der Waals surface area contributed by atoms with Gasteiger partial charge in [-0.2, -0.15) is 0 Å². The first-order valence-electron chi connectivity index (χ1n) is 7.84. The van der Waals surface area contributed by atoms with Crippen LogP contribution in [0.15, 0.2) is 18.2 Å². The summed E-state index contributed by atoms with van der Waals surface area (Å²) in [7, 11) is 1.80. The van der Waals surface area contributed by atoms with Crippen molar-refractivity contribution >= 4 is 11.6 Å². The van der Waals surface area contributed by atoms with Gasteiger partial charge < -0.3 is 10.1 Å². The number of rotatable bonds is 6. The fraction of sp³-hybridized carbons (Fsp3) is 0.647. The van der Waals surface area contributed by atoms with E-state index in [-0.39, 0.29) is 22.5 Å². The number of nitrogens with one attached hydrogen (secondary N) is 1. The topological polar surface area (TPSA) is 21.3 Å². The molecule has 0 spiro atoms. The zero-order valence-corrected chi connectivity index (χ0v) is 13.7. The largest absolute Gasteiger partial charge is 0.377 e. The smallest absolute Gasteiger partial charge is 0.142 e. The highest BCUT2D eigenvalue weighted by Crippen LogP contribution is 2.35. The van der Waals surface area contributed by atoms with E-state index in [1.54, 1.807) is 19.2 Å². The van der Waals surface area contributed by atoms with Crippen LogP contribution in [0.25, 0.3) is 0 Å². The summed E-state index contributed by atoms with van der Waals surface area (Å²) in [6.07, 6.45) is 6.57. The minimum atomic E-state index is -0.348. The Bertz CT molecular complexity index is 460. The Balaban J connectivity index is 2.18. The molecule has 118 valence electrons. The second kappa shape index (κ2) is 7.57. The van der Waals surface area contributed by atoms with E-state index in [9.17, 15) is 4.39 Å². The Morgan fingerprint density at radius 3 is 2.62 bits per heavy atom.